The van der Waals surface area contributed by atoms with Gasteiger partial charge in [-0.15, -0.1) is 12.4 Å². The molecule has 19 heavy (non-hydrogen) atoms. The molecule has 2 N–H and O–H groups in total. The third-order valence-corrected chi connectivity index (χ3v) is 3.86. The van der Waals surface area contributed by atoms with Crippen LogP contribution in [-0.2, 0) is 0 Å². The lowest BCUT2D eigenvalue weighted by Gasteiger charge is -2.12. The fourth-order valence-corrected chi connectivity index (χ4v) is 2.49. The molecule has 3 nitrogen and oxygen atoms in total. The smallest absolute Gasteiger partial charge is 0.251 e. The van der Waals surface area contributed by atoms with Crippen molar-refractivity contribution < 1.29 is 4.79 Å². The molecule has 1 aliphatic heterocycles. The standard InChI is InChI=1S/C14H19ClN2O.ClH/c1-10-12(5-2-6-13(10)15)14(18)17-9-7-11-4-3-8-16-11;/h2,5-6,11,16H,3-4,7-9H2,1H3,(H,17,18);1H/t11-;/m1./s1. The summed E-state index contributed by atoms with van der Waals surface area (Å²) in [6.07, 6.45) is 3.45. The maximum absolute atomic E-state index is 12.0. The van der Waals surface area contributed by atoms with Gasteiger partial charge in [-0.3, -0.25) is 4.79 Å². The van der Waals surface area contributed by atoms with E-state index < -0.39 is 0 Å². The van der Waals surface area contributed by atoms with Gasteiger partial charge in [0.1, 0.15) is 0 Å². The van der Waals surface area contributed by atoms with Crippen LogP contribution in [0.1, 0.15) is 35.2 Å². The van der Waals surface area contributed by atoms with Gasteiger partial charge in [-0.05, 0) is 50.4 Å². The number of amides is 1. The minimum Gasteiger partial charge on any atom is -0.352 e. The Balaban J connectivity index is 0.00000180. The normalized spacial score (nSPS) is 17.9. The maximum Gasteiger partial charge on any atom is 0.251 e. The maximum atomic E-state index is 12.0. The average Bonchev–Trinajstić information content (AvgIpc) is 2.85. The Bertz CT molecular complexity index is 431. The summed E-state index contributed by atoms with van der Waals surface area (Å²) in [5.41, 5.74) is 1.51. The van der Waals surface area contributed by atoms with E-state index in [0.29, 0.717) is 23.2 Å². The molecule has 0 aliphatic carbocycles. The van der Waals surface area contributed by atoms with Crippen molar-refractivity contribution in [3.05, 3.63) is 34.3 Å². The van der Waals surface area contributed by atoms with Crippen molar-refractivity contribution in [2.45, 2.75) is 32.2 Å². The number of halogens is 2. The second-order valence-corrected chi connectivity index (χ2v) is 5.16. The Morgan fingerprint density at radius 1 is 1.53 bits per heavy atom. The Kier molecular flexibility index (Phi) is 6.63. The van der Waals surface area contributed by atoms with Gasteiger partial charge >= 0.3 is 0 Å². The molecule has 106 valence electrons. The molecule has 1 saturated heterocycles. The lowest BCUT2D eigenvalue weighted by atomic mass is 10.1. The highest BCUT2D eigenvalue weighted by Crippen LogP contribution is 2.18. The molecule has 1 aromatic carbocycles. The molecule has 0 radical (unpaired) electrons. The van der Waals surface area contributed by atoms with Crippen molar-refractivity contribution in [2.75, 3.05) is 13.1 Å². The minimum absolute atomic E-state index is 0. The van der Waals surface area contributed by atoms with Crippen LogP contribution >= 0.6 is 24.0 Å². The quantitative estimate of drug-likeness (QED) is 0.898. The van der Waals surface area contributed by atoms with Gasteiger partial charge in [0.25, 0.3) is 5.91 Å². The van der Waals surface area contributed by atoms with Crippen LogP contribution in [0.3, 0.4) is 0 Å². The third kappa shape index (κ3) is 4.37. The van der Waals surface area contributed by atoms with Crippen molar-refractivity contribution >= 4 is 29.9 Å². The van der Waals surface area contributed by atoms with Gasteiger partial charge in [0.15, 0.2) is 0 Å². The molecule has 1 heterocycles. The molecule has 0 spiro atoms. The van der Waals surface area contributed by atoms with Gasteiger partial charge in [0.05, 0.1) is 0 Å². The lowest BCUT2D eigenvalue weighted by molar-refractivity contribution is 0.0951. The van der Waals surface area contributed by atoms with Gasteiger partial charge in [-0.1, -0.05) is 17.7 Å². The van der Waals surface area contributed by atoms with Crippen LogP contribution in [-0.4, -0.2) is 25.0 Å². The molecule has 1 aliphatic rings. The summed E-state index contributed by atoms with van der Waals surface area (Å²) < 4.78 is 0. The number of benzene rings is 1. The SMILES string of the molecule is Cc1c(Cl)cccc1C(=O)NCC[C@H]1CCCN1.Cl. The van der Waals surface area contributed by atoms with Crippen molar-refractivity contribution in [1.82, 2.24) is 10.6 Å². The van der Waals surface area contributed by atoms with E-state index in [9.17, 15) is 4.79 Å². The van der Waals surface area contributed by atoms with Gasteiger partial charge < -0.3 is 10.6 Å². The van der Waals surface area contributed by atoms with E-state index >= 15 is 0 Å². The molecule has 0 saturated carbocycles. The predicted octanol–water partition coefficient (Wildman–Crippen LogP) is 2.94. The molecule has 0 bridgehead atoms. The molecule has 0 unspecified atom stereocenters. The van der Waals surface area contributed by atoms with E-state index in [1.165, 1.54) is 12.8 Å². The van der Waals surface area contributed by atoms with Gasteiger partial charge in [-0.25, -0.2) is 0 Å². The summed E-state index contributed by atoms with van der Waals surface area (Å²) in [5.74, 6) is -0.0343. The summed E-state index contributed by atoms with van der Waals surface area (Å²) in [7, 11) is 0. The molecule has 2 rings (SSSR count). The summed E-state index contributed by atoms with van der Waals surface area (Å²) >= 11 is 6.01. The number of nitrogens with one attached hydrogen (secondary N) is 2. The molecule has 1 amide bonds. The van der Waals surface area contributed by atoms with E-state index in [-0.39, 0.29) is 18.3 Å². The van der Waals surface area contributed by atoms with Crippen LogP contribution < -0.4 is 10.6 Å². The molecule has 0 aromatic heterocycles. The highest BCUT2D eigenvalue weighted by Gasteiger charge is 2.15. The molecular weight excluding hydrogens is 283 g/mol. The van der Waals surface area contributed by atoms with Crippen molar-refractivity contribution in [2.24, 2.45) is 0 Å². The summed E-state index contributed by atoms with van der Waals surface area (Å²) in [5, 5.41) is 7.01. The number of rotatable bonds is 4. The fraction of sp³-hybridized carbons (Fsp3) is 0.500. The van der Waals surface area contributed by atoms with Crippen LogP contribution in [0.4, 0.5) is 0 Å². The highest BCUT2D eigenvalue weighted by molar-refractivity contribution is 6.31. The number of carbonyl (C=O) groups excluding carboxylic acids is 1. The lowest BCUT2D eigenvalue weighted by Crippen LogP contribution is -2.30. The average molecular weight is 303 g/mol. The van der Waals surface area contributed by atoms with Gasteiger partial charge in [0.2, 0.25) is 0 Å². The largest absolute Gasteiger partial charge is 0.352 e. The van der Waals surface area contributed by atoms with E-state index in [2.05, 4.69) is 10.6 Å². The van der Waals surface area contributed by atoms with Crippen molar-refractivity contribution in [1.29, 1.82) is 0 Å². The molecule has 1 fully saturated rings. The summed E-state index contributed by atoms with van der Waals surface area (Å²) in [6, 6.07) is 5.98. The van der Waals surface area contributed by atoms with E-state index in [1.54, 1.807) is 6.07 Å². The first-order valence-corrected chi connectivity index (χ1v) is 6.83. The van der Waals surface area contributed by atoms with Crippen LogP contribution in [0.25, 0.3) is 0 Å². The Morgan fingerprint density at radius 3 is 3.00 bits per heavy atom. The zero-order chi connectivity index (χ0) is 13.0. The zero-order valence-electron chi connectivity index (χ0n) is 11.0. The number of hydrogen-bond acceptors (Lipinski definition) is 2. The monoisotopic (exact) mass is 302 g/mol. The third-order valence-electron chi connectivity index (χ3n) is 3.45. The van der Waals surface area contributed by atoms with E-state index in [1.807, 2.05) is 19.1 Å². The predicted molar refractivity (Wildman–Crippen MR) is 81.4 cm³/mol. The molecular formula is C14H20Cl2N2O. The van der Waals surface area contributed by atoms with E-state index in [0.717, 1.165) is 18.5 Å². The second-order valence-electron chi connectivity index (χ2n) is 4.75. The van der Waals surface area contributed by atoms with Crippen LogP contribution in [0, 0.1) is 6.92 Å². The first kappa shape index (κ1) is 16.3. The van der Waals surface area contributed by atoms with Gasteiger partial charge in [0, 0.05) is 23.2 Å². The molecule has 1 atom stereocenters. The van der Waals surface area contributed by atoms with Crippen molar-refractivity contribution in [3.63, 3.8) is 0 Å². The molecule has 5 heteroatoms. The highest BCUT2D eigenvalue weighted by atomic mass is 35.5. The fourth-order valence-electron chi connectivity index (χ4n) is 2.31. The molecule has 1 aromatic rings. The second kappa shape index (κ2) is 7.73. The van der Waals surface area contributed by atoms with Crippen molar-refractivity contribution in [3.8, 4) is 0 Å². The van der Waals surface area contributed by atoms with E-state index in [4.69, 9.17) is 11.6 Å². The Labute approximate surface area is 125 Å². The first-order valence-electron chi connectivity index (χ1n) is 6.45. The topological polar surface area (TPSA) is 41.1 Å². The van der Waals surface area contributed by atoms with Gasteiger partial charge in [-0.2, -0.15) is 0 Å². The minimum atomic E-state index is -0.0343. The zero-order valence-corrected chi connectivity index (χ0v) is 12.6. The summed E-state index contributed by atoms with van der Waals surface area (Å²) in [6.45, 7) is 3.68. The first-order chi connectivity index (χ1) is 8.68. The Hall–Kier alpha value is -0.770. The Morgan fingerprint density at radius 2 is 2.32 bits per heavy atom. The summed E-state index contributed by atoms with van der Waals surface area (Å²) in [4.78, 5) is 12.0. The number of hydrogen-bond donors (Lipinski definition) is 2. The van der Waals surface area contributed by atoms with Crippen LogP contribution in [0.2, 0.25) is 5.02 Å². The number of carbonyl (C=O) groups is 1. The van der Waals surface area contributed by atoms with Crippen LogP contribution in [0.15, 0.2) is 18.2 Å². The van der Waals surface area contributed by atoms with Crippen LogP contribution in [0.5, 0.6) is 0 Å².